The second kappa shape index (κ2) is 11.8. The molecule has 0 aliphatic heterocycles. The van der Waals surface area contributed by atoms with Crippen LogP contribution in [0, 0.1) is 0 Å². The number of ether oxygens (including phenoxy) is 2. The Hall–Kier alpha value is -1.78. The number of guanidine groups is 1. The SMILES string of the molecule is CN=C(NCCOc1cccnc1)NCC(C)(C)NC(=O)OC(C)(C)C.I. The molecule has 27 heavy (non-hydrogen) atoms. The number of hydrogen-bond acceptors (Lipinski definition) is 5. The molecule has 0 saturated heterocycles. The monoisotopic (exact) mass is 493 g/mol. The first kappa shape index (κ1) is 25.2. The quantitative estimate of drug-likeness (QED) is 0.234. The average molecular weight is 493 g/mol. The normalized spacial score (nSPS) is 11.9. The van der Waals surface area contributed by atoms with E-state index >= 15 is 0 Å². The molecule has 1 aromatic rings. The maximum absolute atomic E-state index is 11.9. The van der Waals surface area contributed by atoms with Crippen LogP contribution in [-0.4, -0.2) is 54.9 Å². The zero-order valence-electron chi connectivity index (χ0n) is 17.0. The van der Waals surface area contributed by atoms with Crippen LogP contribution in [0.2, 0.25) is 0 Å². The second-order valence-electron chi connectivity index (χ2n) is 7.40. The highest BCUT2D eigenvalue weighted by atomic mass is 127. The van der Waals surface area contributed by atoms with Gasteiger partial charge in [0, 0.05) is 19.8 Å². The highest BCUT2D eigenvalue weighted by Gasteiger charge is 2.24. The van der Waals surface area contributed by atoms with Gasteiger partial charge in [-0.25, -0.2) is 4.79 Å². The summed E-state index contributed by atoms with van der Waals surface area (Å²) >= 11 is 0. The molecule has 0 unspecified atom stereocenters. The lowest BCUT2D eigenvalue weighted by molar-refractivity contribution is 0.0474. The molecule has 1 rings (SSSR count). The molecular formula is C18H32IN5O3. The summed E-state index contributed by atoms with van der Waals surface area (Å²) in [5, 5.41) is 9.17. The van der Waals surface area contributed by atoms with E-state index in [1.807, 2.05) is 46.8 Å². The maximum Gasteiger partial charge on any atom is 0.408 e. The summed E-state index contributed by atoms with van der Waals surface area (Å²) in [6.45, 7) is 10.8. The van der Waals surface area contributed by atoms with Crippen LogP contribution in [0.25, 0.3) is 0 Å². The summed E-state index contributed by atoms with van der Waals surface area (Å²) < 4.78 is 10.8. The van der Waals surface area contributed by atoms with Crippen LogP contribution in [0.3, 0.4) is 0 Å². The Morgan fingerprint density at radius 1 is 1.22 bits per heavy atom. The molecule has 0 radical (unpaired) electrons. The Morgan fingerprint density at radius 3 is 2.48 bits per heavy atom. The van der Waals surface area contributed by atoms with Crippen molar-refractivity contribution in [2.75, 3.05) is 26.7 Å². The van der Waals surface area contributed by atoms with Crippen molar-refractivity contribution < 1.29 is 14.3 Å². The Morgan fingerprint density at radius 2 is 1.93 bits per heavy atom. The Kier molecular flexibility index (Phi) is 11.1. The number of aliphatic imine (C=N–C) groups is 1. The van der Waals surface area contributed by atoms with Crippen molar-refractivity contribution in [1.82, 2.24) is 20.9 Å². The van der Waals surface area contributed by atoms with Crippen molar-refractivity contribution in [3.05, 3.63) is 24.5 Å². The van der Waals surface area contributed by atoms with Gasteiger partial charge in [-0.15, -0.1) is 24.0 Å². The minimum atomic E-state index is -0.528. The molecule has 0 spiro atoms. The molecule has 0 fully saturated rings. The molecular weight excluding hydrogens is 461 g/mol. The lowest BCUT2D eigenvalue weighted by atomic mass is 10.1. The molecule has 1 heterocycles. The third kappa shape index (κ3) is 12.3. The lowest BCUT2D eigenvalue weighted by Gasteiger charge is -2.29. The number of rotatable bonds is 7. The predicted molar refractivity (Wildman–Crippen MR) is 118 cm³/mol. The molecule has 1 aromatic heterocycles. The minimum absolute atomic E-state index is 0. The van der Waals surface area contributed by atoms with Crippen LogP contribution in [0.1, 0.15) is 34.6 Å². The fraction of sp³-hybridized carbons (Fsp3) is 0.611. The summed E-state index contributed by atoms with van der Waals surface area (Å²) in [7, 11) is 1.69. The van der Waals surface area contributed by atoms with Crippen molar-refractivity contribution in [3.8, 4) is 5.75 Å². The van der Waals surface area contributed by atoms with Gasteiger partial charge in [-0.2, -0.15) is 0 Å². The number of aromatic nitrogens is 1. The van der Waals surface area contributed by atoms with E-state index in [0.717, 1.165) is 5.75 Å². The van der Waals surface area contributed by atoms with Gasteiger partial charge in [0.05, 0.1) is 18.3 Å². The first-order valence-electron chi connectivity index (χ1n) is 8.60. The molecule has 0 aromatic carbocycles. The molecule has 1 amide bonds. The van der Waals surface area contributed by atoms with Gasteiger partial charge in [0.15, 0.2) is 5.96 Å². The van der Waals surface area contributed by atoms with E-state index in [1.165, 1.54) is 0 Å². The number of hydrogen-bond donors (Lipinski definition) is 3. The lowest BCUT2D eigenvalue weighted by Crippen LogP contribution is -2.54. The van der Waals surface area contributed by atoms with Gasteiger partial charge in [0.25, 0.3) is 0 Å². The summed E-state index contributed by atoms with van der Waals surface area (Å²) in [6, 6.07) is 3.67. The largest absolute Gasteiger partial charge is 0.490 e. The third-order valence-electron chi connectivity index (χ3n) is 3.06. The number of halogens is 1. The van der Waals surface area contributed by atoms with E-state index in [4.69, 9.17) is 9.47 Å². The van der Waals surface area contributed by atoms with Gasteiger partial charge in [-0.1, -0.05) is 0 Å². The molecule has 0 aliphatic rings. The number of amides is 1. The number of carbonyl (C=O) groups is 1. The molecule has 154 valence electrons. The van der Waals surface area contributed by atoms with Gasteiger partial charge in [-0.3, -0.25) is 9.98 Å². The summed E-state index contributed by atoms with van der Waals surface area (Å²) in [4.78, 5) is 20.1. The number of alkyl carbamates (subject to hydrolysis) is 1. The topological polar surface area (TPSA) is 96.9 Å². The van der Waals surface area contributed by atoms with Gasteiger partial charge >= 0.3 is 6.09 Å². The molecule has 9 heteroatoms. The Bertz CT molecular complexity index is 588. The number of carbonyl (C=O) groups excluding carboxylic acids is 1. The Balaban J connectivity index is 0.00000676. The molecule has 3 N–H and O–H groups in total. The number of pyridine rings is 1. The number of nitrogens with one attached hydrogen (secondary N) is 3. The third-order valence-corrected chi connectivity index (χ3v) is 3.06. The van der Waals surface area contributed by atoms with Crippen molar-refractivity contribution >= 4 is 36.0 Å². The minimum Gasteiger partial charge on any atom is -0.490 e. The van der Waals surface area contributed by atoms with Crippen molar-refractivity contribution in [3.63, 3.8) is 0 Å². The molecule has 0 bridgehead atoms. The van der Waals surface area contributed by atoms with Gasteiger partial charge in [0.2, 0.25) is 0 Å². The predicted octanol–water partition coefficient (Wildman–Crippen LogP) is 2.55. The number of nitrogens with zero attached hydrogens (tertiary/aromatic N) is 2. The molecule has 0 aliphatic carbocycles. The van der Waals surface area contributed by atoms with Crippen LogP contribution in [0.15, 0.2) is 29.5 Å². The fourth-order valence-corrected chi connectivity index (χ4v) is 1.92. The summed E-state index contributed by atoms with van der Waals surface area (Å²) in [5.74, 6) is 1.35. The maximum atomic E-state index is 11.9. The summed E-state index contributed by atoms with van der Waals surface area (Å²) in [6.07, 6.45) is 2.92. The van der Waals surface area contributed by atoms with Crippen molar-refractivity contribution in [2.24, 2.45) is 4.99 Å². The van der Waals surface area contributed by atoms with E-state index < -0.39 is 17.2 Å². The Labute approximate surface area is 178 Å². The van der Waals surface area contributed by atoms with Crippen LogP contribution < -0.4 is 20.7 Å². The molecule has 0 atom stereocenters. The van der Waals surface area contributed by atoms with Crippen molar-refractivity contribution in [2.45, 2.75) is 45.8 Å². The average Bonchev–Trinajstić information content (AvgIpc) is 2.52. The zero-order chi connectivity index (χ0) is 19.6. The highest BCUT2D eigenvalue weighted by molar-refractivity contribution is 14.0. The first-order chi connectivity index (χ1) is 12.1. The van der Waals surface area contributed by atoms with E-state index in [9.17, 15) is 4.79 Å². The van der Waals surface area contributed by atoms with Gasteiger partial charge in [-0.05, 0) is 46.8 Å². The van der Waals surface area contributed by atoms with Crippen molar-refractivity contribution in [1.29, 1.82) is 0 Å². The van der Waals surface area contributed by atoms with Crippen LogP contribution in [-0.2, 0) is 4.74 Å². The molecule has 8 nitrogen and oxygen atoms in total. The first-order valence-corrected chi connectivity index (χ1v) is 8.60. The van der Waals surface area contributed by atoms with E-state index in [1.54, 1.807) is 19.4 Å². The second-order valence-corrected chi connectivity index (χ2v) is 7.40. The zero-order valence-corrected chi connectivity index (χ0v) is 19.3. The highest BCUT2D eigenvalue weighted by Crippen LogP contribution is 2.09. The van der Waals surface area contributed by atoms with Gasteiger partial charge in [0.1, 0.15) is 18.0 Å². The smallest absolute Gasteiger partial charge is 0.408 e. The van der Waals surface area contributed by atoms with Crippen LogP contribution >= 0.6 is 24.0 Å². The molecule has 0 saturated carbocycles. The summed E-state index contributed by atoms with van der Waals surface area (Å²) in [5.41, 5.74) is -1.04. The fourth-order valence-electron chi connectivity index (χ4n) is 1.92. The van der Waals surface area contributed by atoms with E-state index in [-0.39, 0.29) is 24.0 Å². The van der Waals surface area contributed by atoms with Crippen LogP contribution in [0.4, 0.5) is 4.79 Å². The van der Waals surface area contributed by atoms with Gasteiger partial charge < -0.3 is 25.4 Å². The van der Waals surface area contributed by atoms with E-state index in [0.29, 0.717) is 25.7 Å². The standard InChI is InChI=1S/C18H31N5O3.HI/c1-17(2,3)26-16(24)23-18(4,5)13-22-15(19-6)21-10-11-25-14-8-7-9-20-12-14;/h7-9,12H,10-11,13H2,1-6H3,(H,23,24)(H2,19,21,22);1H. The van der Waals surface area contributed by atoms with E-state index in [2.05, 4.69) is 25.9 Å². The van der Waals surface area contributed by atoms with Crippen LogP contribution in [0.5, 0.6) is 5.75 Å².